The Morgan fingerprint density at radius 3 is 1.79 bits per heavy atom. The fourth-order valence-electron chi connectivity index (χ4n) is 8.54. The fourth-order valence-corrected chi connectivity index (χ4v) is 8.54. The average Bonchev–Trinajstić information content (AvgIpc) is 3.37. The molecule has 0 unspecified atom stereocenters. The molecule has 9 aromatic carbocycles. The summed E-state index contributed by atoms with van der Waals surface area (Å²) in [5, 5.41) is 10.5. The van der Waals surface area contributed by atoms with E-state index in [0.717, 1.165) is 0 Å². The average molecular weight is 597 g/mol. The topological polar surface area (TPSA) is 0 Å². The van der Waals surface area contributed by atoms with E-state index in [4.69, 9.17) is 0 Å². The minimum absolute atomic E-state index is 0.0393. The molecule has 0 heteroatoms. The molecule has 0 radical (unpaired) electrons. The second-order valence-corrected chi connectivity index (χ2v) is 13.7. The van der Waals surface area contributed by atoms with Crippen LogP contribution in [0.15, 0.2) is 158 Å². The lowest BCUT2D eigenvalue weighted by molar-refractivity contribution is 0.666. The zero-order valence-electron chi connectivity index (χ0n) is 26.5. The lowest BCUT2D eigenvalue weighted by Crippen LogP contribution is -2.15. The van der Waals surface area contributed by atoms with Crippen molar-refractivity contribution < 1.29 is 0 Å². The Morgan fingerprint density at radius 2 is 0.957 bits per heavy atom. The van der Waals surface area contributed by atoms with E-state index < -0.39 is 0 Å². The van der Waals surface area contributed by atoms with Crippen LogP contribution in [-0.4, -0.2) is 0 Å². The van der Waals surface area contributed by atoms with Gasteiger partial charge in [-0.2, -0.15) is 0 Å². The van der Waals surface area contributed by atoms with Crippen LogP contribution in [0.1, 0.15) is 25.0 Å². The Labute approximate surface area is 274 Å². The van der Waals surface area contributed by atoms with Crippen molar-refractivity contribution in [2.75, 3.05) is 0 Å². The highest BCUT2D eigenvalue weighted by atomic mass is 14.4. The van der Waals surface area contributed by atoms with Gasteiger partial charge in [0.2, 0.25) is 0 Å². The Hall–Kier alpha value is -5.72. The summed E-state index contributed by atoms with van der Waals surface area (Å²) in [6.45, 7) is 4.74. The van der Waals surface area contributed by atoms with E-state index in [1.165, 1.54) is 98.7 Å². The van der Waals surface area contributed by atoms with E-state index in [0.29, 0.717) is 0 Å². The molecule has 0 aliphatic heterocycles. The first-order valence-electron chi connectivity index (χ1n) is 16.6. The summed E-state index contributed by atoms with van der Waals surface area (Å²) in [6, 6.07) is 59.0. The molecule has 0 nitrogen and oxygen atoms in total. The van der Waals surface area contributed by atoms with Gasteiger partial charge in [0, 0.05) is 5.41 Å². The van der Waals surface area contributed by atoms with Crippen LogP contribution < -0.4 is 0 Å². The summed E-state index contributed by atoms with van der Waals surface area (Å²) in [5.74, 6) is 0. The predicted octanol–water partition coefficient (Wildman–Crippen LogP) is 13.0. The number of rotatable bonds is 3. The molecular weight excluding hydrogens is 565 g/mol. The molecule has 10 rings (SSSR count). The second-order valence-electron chi connectivity index (χ2n) is 13.7. The van der Waals surface area contributed by atoms with Crippen molar-refractivity contribution in [3.8, 4) is 44.5 Å². The standard InChI is InChI=1S/C47H32/c1-47(2)43-14-7-6-13-40(43)42-24-20-34-25-33(19-22-39(34)46(42)47)36-26-35(29-9-4-3-5-10-29)27-37(28-36)38-21-17-32-16-15-30-11-8-12-31-18-23-41(38)45(32)44(30)31/h3-28H,1-2H3. The van der Waals surface area contributed by atoms with E-state index in [1.54, 1.807) is 0 Å². The van der Waals surface area contributed by atoms with Gasteiger partial charge in [0.25, 0.3) is 0 Å². The van der Waals surface area contributed by atoms with E-state index in [-0.39, 0.29) is 5.41 Å². The number of hydrogen-bond acceptors (Lipinski definition) is 0. The lowest BCUT2D eigenvalue weighted by atomic mass is 9.80. The first kappa shape index (κ1) is 26.5. The summed E-state index contributed by atoms with van der Waals surface area (Å²) in [5.41, 5.74) is 13.0. The van der Waals surface area contributed by atoms with Crippen LogP contribution in [0.4, 0.5) is 0 Å². The third-order valence-electron chi connectivity index (χ3n) is 10.7. The first-order valence-corrected chi connectivity index (χ1v) is 16.6. The van der Waals surface area contributed by atoms with Crippen LogP contribution in [-0.2, 0) is 5.41 Å². The Bertz CT molecular complexity index is 2670. The predicted molar refractivity (Wildman–Crippen MR) is 202 cm³/mol. The molecule has 1 aliphatic carbocycles. The molecule has 0 amide bonds. The van der Waals surface area contributed by atoms with Crippen molar-refractivity contribution in [3.05, 3.63) is 169 Å². The third kappa shape index (κ3) is 3.82. The minimum atomic E-state index is -0.0393. The van der Waals surface area contributed by atoms with Gasteiger partial charge in [-0.1, -0.05) is 147 Å². The molecule has 0 bridgehead atoms. The zero-order valence-corrected chi connectivity index (χ0v) is 26.5. The lowest BCUT2D eigenvalue weighted by Gasteiger charge is -2.23. The molecular formula is C47H32. The van der Waals surface area contributed by atoms with Gasteiger partial charge in [-0.05, 0) is 123 Å². The monoisotopic (exact) mass is 596 g/mol. The van der Waals surface area contributed by atoms with Gasteiger partial charge in [-0.25, -0.2) is 0 Å². The normalized spacial score (nSPS) is 13.5. The van der Waals surface area contributed by atoms with Gasteiger partial charge in [-0.3, -0.25) is 0 Å². The van der Waals surface area contributed by atoms with Gasteiger partial charge < -0.3 is 0 Å². The number of hydrogen-bond donors (Lipinski definition) is 0. The largest absolute Gasteiger partial charge is 0.0622 e. The molecule has 0 aromatic heterocycles. The van der Waals surface area contributed by atoms with Gasteiger partial charge in [0.1, 0.15) is 0 Å². The molecule has 0 saturated carbocycles. The minimum Gasteiger partial charge on any atom is -0.0622 e. The first-order chi connectivity index (χ1) is 23.0. The molecule has 0 fully saturated rings. The van der Waals surface area contributed by atoms with Crippen LogP contribution in [0.3, 0.4) is 0 Å². The van der Waals surface area contributed by atoms with Crippen molar-refractivity contribution in [2.24, 2.45) is 0 Å². The molecule has 0 atom stereocenters. The quantitative estimate of drug-likeness (QED) is 0.178. The summed E-state index contributed by atoms with van der Waals surface area (Å²) in [7, 11) is 0. The van der Waals surface area contributed by atoms with Gasteiger partial charge >= 0.3 is 0 Å². The molecule has 47 heavy (non-hydrogen) atoms. The van der Waals surface area contributed by atoms with Crippen molar-refractivity contribution in [2.45, 2.75) is 19.3 Å². The van der Waals surface area contributed by atoms with Crippen molar-refractivity contribution in [3.63, 3.8) is 0 Å². The maximum absolute atomic E-state index is 2.40. The highest BCUT2D eigenvalue weighted by Gasteiger charge is 2.36. The molecule has 0 spiro atoms. The maximum atomic E-state index is 2.40. The van der Waals surface area contributed by atoms with Gasteiger partial charge in [0.15, 0.2) is 0 Å². The van der Waals surface area contributed by atoms with Gasteiger partial charge in [0.05, 0.1) is 0 Å². The zero-order chi connectivity index (χ0) is 31.3. The summed E-state index contributed by atoms with van der Waals surface area (Å²) < 4.78 is 0. The van der Waals surface area contributed by atoms with Crippen LogP contribution in [0.5, 0.6) is 0 Å². The van der Waals surface area contributed by atoms with Crippen LogP contribution in [0.25, 0.3) is 87.6 Å². The van der Waals surface area contributed by atoms with Crippen LogP contribution in [0.2, 0.25) is 0 Å². The summed E-state index contributed by atoms with van der Waals surface area (Å²) in [4.78, 5) is 0. The Morgan fingerprint density at radius 1 is 0.340 bits per heavy atom. The smallest absolute Gasteiger partial charge is 0.0165 e. The van der Waals surface area contributed by atoms with Gasteiger partial charge in [-0.15, -0.1) is 0 Å². The molecule has 9 aromatic rings. The third-order valence-corrected chi connectivity index (χ3v) is 10.7. The molecule has 0 saturated heterocycles. The Kier molecular flexibility index (Phi) is 5.44. The summed E-state index contributed by atoms with van der Waals surface area (Å²) >= 11 is 0. The fraction of sp³-hybridized carbons (Fsp3) is 0.0638. The Balaban J connectivity index is 1.19. The van der Waals surface area contributed by atoms with Crippen molar-refractivity contribution >= 4 is 43.1 Å². The van der Waals surface area contributed by atoms with Crippen molar-refractivity contribution in [1.29, 1.82) is 0 Å². The van der Waals surface area contributed by atoms with E-state index in [9.17, 15) is 0 Å². The van der Waals surface area contributed by atoms with Crippen LogP contribution >= 0.6 is 0 Å². The highest BCUT2D eigenvalue weighted by Crippen LogP contribution is 2.51. The van der Waals surface area contributed by atoms with E-state index in [1.807, 2.05) is 0 Å². The van der Waals surface area contributed by atoms with E-state index >= 15 is 0 Å². The SMILES string of the molecule is CC1(C)c2ccccc2-c2ccc3cc(-c4cc(-c5ccccc5)cc(-c5ccc6ccc7cccc8ccc5c6c78)c4)ccc3c21. The molecule has 220 valence electrons. The van der Waals surface area contributed by atoms with Crippen LogP contribution in [0, 0.1) is 0 Å². The van der Waals surface area contributed by atoms with Crippen molar-refractivity contribution in [1.82, 2.24) is 0 Å². The second kappa shape index (κ2) is 9.64. The molecule has 0 N–H and O–H groups in total. The summed E-state index contributed by atoms with van der Waals surface area (Å²) in [6.07, 6.45) is 0. The number of fused-ring (bicyclic) bond motifs is 5. The maximum Gasteiger partial charge on any atom is 0.0165 e. The van der Waals surface area contributed by atoms with E-state index in [2.05, 4.69) is 172 Å². The molecule has 0 heterocycles. The number of benzene rings is 9. The molecule has 1 aliphatic rings. The highest BCUT2D eigenvalue weighted by molar-refractivity contribution is 6.25.